The highest BCUT2D eigenvalue weighted by Crippen LogP contribution is 2.11. The Bertz CT molecular complexity index is 362. The molecular formula is C10H12N2O2S. The highest BCUT2D eigenvalue weighted by atomic mass is 32.1. The number of Topliss-reactive ketones (excluding diaryl/α,β-unsaturated/α-hetero) is 1. The van der Waals surface area contributed by atoms with E-state index in [9.17, 15) is 4.79 Å². The summed E-state index contributed by atoms with van der Waals surface area (Å²) < 4.78 is 4.98. The molecule has 3 N–H and O–H groups in total. The van der Waals surface area contributed by atoms with Gasteiger partial charge in [-0.25, -0.2) is 0 Å². The number of nitrogens with two attached hydrogens (primary N) is 1. The standard InChI is InChI=1S/C10H12N2O2S/c1-14-8-4-2-7(3-5-8)9(13)6-12-10(11)15/h2-5H,6H2,1H3,(H3,11,12,15). The van der Waals surface area contributed by atoms with Gasteiger partial charge in [0.2, 0.25) is 0 Å². The Labute approximate surface area is 93.4 Å². The largest absolute Gasteiger partial charge is 0.497 e. The molecule has 0 aliphatic carbocycles. The van der Waals surface area contributed by atoms with E-state index in [4.69, 9.17) is 10.5 Å². The summed E-state index contributed by atoms with van der Waals surface area (Å²) in [6, 6.07) is 6.85. The summed E-state index contributed by atoms with van der Waals surface area (Å²) >= 11 is 4.60. The van der Waals surface area contributed by atoms with Gasteiger partial charge in [-0.15, -0.1) is 0 Å². The minimum atomic E-state index is -0.0644. The highest BCUT2D eigenvalue weighted by Gasteiger charge is 2.05. The molecule has 1 aromatic rings. The summed E-state index contributed by atoms with van der Waals surface area (Å²) in [5, 5.41) is 2.72. The molecule has 0 saturated carbocycles. The average Bonchev–Trinajstić information content (AvgIpc) is 2.26. The van der Waals surface area contributed by atoms with Crippen LogP contribution in [0.4, 0.5) is 0 Å². The van der Waals surface area contributed by atoms with E-state index >= 15 is 0 Å². The number of ether oxygens (including phenoxy) is 1. The second-order valence-electron chi connectivity index (χ2n) is 2.87. The van der Waals surface area contributed by atoms with Gasteiger partial charge < -0.3 is 15.8 Å². The molecule has 0 aromatic heterocycles. The second-order valence-corrected chi connectivity index (χ2v) is 3.31. The zero-order valence-electron chi connectivity index (χ0n) is 8.32. The number of thiocarbonyl (C=S) groups is 1. The fourth-order valence-corrected chi connectivity index (χ4v) is 1.12. The molecule has 1 rings (SSSR count). The smallest absolute Gasteiger partial charge is 0.181 e. The van der Waals surface area contributed by atoms with E-state index in [2.05, 4.69) is 17.5 Å². The second kappa shape index (κ2) is 5.31. The lowest BCUT2D eigenvalue weighted by Gasteiger charge is -2.04. The Balaban J connectivity index is 2.62. The molecule has 0 spiro atoms. The van der Waals surface area contributed by atoms with Crippen molar-refractivity contribution in [1.29, 1.82) is 0 Å². The van der Waals surface area contributed by atoms with Crippen LogP contribution in [0.1, 0.15) is 10.4 Å². The summed E-state index contributed by atoms with van der Waals surface area (Å²) in [5.41, 5.74) is 5.81. The fraction of sp³-hybridized carbons (Fsp3) is 0.200. The van der Waals surface area contributed by atoms with Crippen LogP contribution in [0.5, 0.6) is 5.75 Å². The van der Waals surface area contributed by atoms with Crippen molar-refractivity contribution in [3.8, 4) is 5.75 Å². The number of nitrogens with one attached hydrogen (secondary N) is 1. The minimum absolute atomic E-state index is 0.0644. The maximum atomic E-state index is 11.5. The van der Waals surface area contributed by atoms with Crippen LogP contribution in [-0.2, 0) is 0 Å². The fourth-order valence-electron chi connectivity index (χ4n) is 1.05. The van der Waals surface area contributed by atoms with Gasteiger partial charge in [-0.3, -0.25) is 4.79 Å². The van der Waals surface area contributed by atoms with E-state index in [1.807, 2.05) is 0 Å². The first-order valence-corrected chi connectivity index (χ1v) is 4.75. The SMILES string of the molecule is COc1ccc(C(=O)CNC(N)=S)cc1. The lowest BCUT2D eigenvalue weighted by atomic mass is 10.1. The van der Waals surface area contributed by atoms with Crippen LogP contribution in [0.25, 0.3) is 0 Å². The summed E-state index contributed by atoms with van der Waals surface area (Å²) in [7, 11) is 1.57. The van der Waals surface area contributed by atoms with Crippen LogP contribution in [0.2, 0.25) is 0 Å². The Morgan fingerprint density at radius 3 is 2.53 bits per heavy atom. The summed E-state index contributed by atoms with van der Waals surface area (Å²) in [6.45, 7) is 0.113. The van der Waals surface area contributed by atoms with E-state index < -0.39 is 0 Å². The van der Waals surface area contributed by atoms with Gasteiger partial charge in [-0.05, 0) is 36.5 Å². The van der Waals surface area contributed by atoms with Gasteiger partial charge in [0.05, 0.1) is 13.7 Å². The minimum Gasteiger partial charge on any atom is -0.497 e. The van der Waals surface area contributed by atoms with Crippen molar-refractivity contribution in [3.05, 3.63) is 29.8 Å². The molecule has 0 fully saturated rings. The van der Waals surface area contributed by atoms with Gasteiger partial charge in [-0.2, -0.15) is 0 Å². The Morgan fingerprint density at radius 2 is 2.07 bits per heavy atom. The van der Waals surface area contributed by atoms with Crippen LogP contribution < -0.4 is 15.8 Å². The maximum absolute atomic E-state index is 11.5. The molecule has 15 heavy (non-hydrogen) atoms. The number of carbonyl (C=O) groups excluding carboxylic acids is 1. The van der Waals surface area contributed by atoms with Gasteiger partial charge in [0.15, 0.2) is 10.9 Å². The third-order valence-electron chi connectivity index (χ3n) is 1.84. The lowest BCUT2D eigenvalue weighted by molar-refractivity contribution is 0.0996. The van der Waals surface area contributed by atoms with Gasteiger partial charge in [0.25, 0.3) is 0 Å². The number of hydrogen-bond acceptors (Lipinski definition) is 3. The molecule has 0 aliphatic rings. The molecule has 0 bridgehead atoms. The number of rotatable bonds is 4. The number of hydrogen-bond donors (Lipinski definition) is 2. The van der Waals surface area contributed by atoms with Crippen LogP contribution >= 0.6 is 12.2 Å². The lowest BCUT2D eigenvalue weighted by Crippen LogP contribution is -2.33. The van der Waals surface area contributed by atoms with E-state index in [-0.39, 0.29) is 17.4 Å². The maximum Gasteiger partial charge on any atom is 0.181 e. The molecule has 1 aromatic carbocycles. The summed E-state index contributed by atoms with van der Waals surface area (Å²) in [4.78, 5) is 11.5. The molecular weight excluding hydrogens is 212 g/mol. The van der Waals surface area contributed by atoms with Gasteiger partial charge in [0.1, 0.15) is 5.75 Å². The van der Waals surface area contributed by atoms with Crippen molar-refractivity contribution in [2.75, 3.05) is 13.7 Å². The Hall–Kier alpha value is -1.62. The van der Waals surface area contributed by atoms with Crippen molar-refractivity contribution in [1.82, 2.24) is 5.32 Å². The third-order valence-corrected chi connectivity index (χ3v) is 1.98. The van der Waals surface area contributed by atoms with E-state index in [0.717, 1.165) is 0 Å². The van der Waals surface area contributed by atoms with E-state index in [1.165, 1.54) is 0 Å². The van der Waals surface area contributed by atoms with Crippen LogP contribution in [0.3, 0.4) is 0 Å². The topological polar surface area (TPSA) is 64.3 Å². The van der Waals surface area contributed by atoms with Crippen molar-refractivity contribution < 1.29 is 9.53 Å². The van der Waals surface area contributed by atoms with Crippen molar-refractivity contribution in [2.24, 2.45) is 5.73 Å². The quantitative estimate of drug-likeness (QED) is 0.582. The number of ketones is 1. The summed E-state index contributed by atoms with van der Waals surface area (Å²) in [5.74, 6) is 0.652. The molecule has 0 unspecified atom stereocenters. The van der Waals surface area contributed by atoms with Gasteiger partial charge in [-0.1, -0.05) is 0 Å². The molecule has 0 saturated heterocycles. The molecule has 0 amide bonds. The zero-order valence-corrected chi connectivity index (χ0v) is 9.14. The molecule has 0 heterocycles. The Morgan fingerprint density at radius 1 is 1.47 bits per heavy atom. The average molecular weight is 224 g/mol. The zero-order chi connectivity index (χ0) is 11.3. The molecule has 0 aliphatic heterocycles. The molecule has 0 radical (unpaired) electrons. The van der Waals surface area contributed by atoms with Crippen molar-refractivity contribution >= 4 is 23.1 Å². The number of benzene rings is 1. The van der Waals surface area contributed by atoms with E-state index in [1.54, 1.807) is 31.4 Å². The predicted molar refractivity (Wildman–Crippen MR) is 62.1 cm³/mol. The first kappa shape index (κ1) is 11.5. The summed E-state index contributed by atoms with van der Waals surface area (Å²) in [6.07, 6.45) is 0. The van der Waals surface area contributed by atoms with Crippen LogP contribution in [0.15, 0.2) is 24.3 Å². The normalized spacial score (nSPS) is 9.40. The molecule has 80 valence electrons. The Kier molecular flexibility index (Phi) is 4.05. The first-order valence-electron chi connectivity index (χ1n) is 4.34. The van der Waals surface area contributed by atoms with Gasteiger partial charge in [0, 0.05) is 5.56 Å². The molecule has 5 heteroatoms. The third kappa shape index (κ3) is 3.55. The van der Waals surface area contributed by atoms with Crippen LogP contribution in [-0.4, -0.2) is 24.6 Å². The van der Waals surface area contributed by atoms with Crippen molar-refractivity contribution in [3.63, 3.8) is 0 Å². The van der Waals surface area contributed by atoms with Crippen molar-refractivity contribution in [2.45, 2.75) is 0 Å². The highest BCUT2D eigenvalue weighted by molar-refractivity contribution is 7.80. The predicted octanol–water partition coefficient (Wildman–Crippen LogP) is 0.711. The number of carbonyl (C=O) groups is 1. The first-order chi connectivity index (χ1) is 7.13. The number of methoxy groups -OCH3 is 1. The molecule has 4 nitrogen and oxygen atoms in total. The van der Waals surface area contributed by atoms with Gasteiger partial charge >= 0.3 is 0 Å². The van der Waals surface area contributed by atoms with E-state index in [0.29, 0.717) is 11.3 Å². The van der Waals surface area contributed by atoms with Crippen LogP contribution in [0, 0.1) is 0 Å². The monoisotopic (exact) mass is 224 g/mol. The molecule has 0 atom stereocenters.